The van der Waals surface area contributed by atoms with Gasteiger partial charge in [-0.2, -0.15) is 0 Å². The van der Waals surface area contributed by atoms with Crippen LogP contribution >= 0.6 is 0 Å². The molecule has 0 bridgehead atoms. The van der Waals surface area contributed by atoms with Crippen LogP contribution < -0.4 is 5.32 Å². The van der Waals surface area contributed by atoms with Crippen LogP contribution in [0.1, 0.15) is 271 Å². The molecule has 0 radical (unpaired) electrons. The molecule has 0 aliphatic carbocycles. The highest BCUT2D eigenvalue weighted by molar-refractivity contribution is 5.76. The molecule has 552 valence electrons. The van der Waals surface area contributed by atoms with Crippen LogP contribution in [0, 0.1) is 0 Å². The number of aliphatic hydroxyl groups excluding tert-OH is 11. The molecule has 3 rings (SSSR count). The molecule has 0 spiro atoms. The third kappa shape index (κ3) is 38.0. The summed E-state index contributed by atoms with van der Waals surface area (Å²) in [7, 11) is 0. The maximum atomic E-state index is 13.4. The monoisotopic (exact) mass is 1350 g/mol. The molecule has 19 heteroatoms. The summed E-state index contributed by atoms with van der Waals surface area (Å²) in [4.78, 5) is 13.4. The summed E-state index contributed by atoms with van der Waals surface area (Å²) in [5.41, 5.74) is 0. The van der Waals surface area contributed by atoms with Crippen LogP contribution in [0.15, 0.2) is 72.9 Å². The maximum Gasteiger partial charge on any atom is 0.220 e. The quantitative estimate of drug-likeness (QED) is 0.0199. The van der Waals surface area contributed by atoms with Crippen molar-refractivity contribution in [3.63, 3.8) is 0 Å². The minimum atomic E-state index is -1.98. The van der Waals surface area contributed by atoms with Gasteiger partial charge in [0, 0.05) is 6.42 Å². The van der Waals surface area contributed by atoms with Gasteiger partial charge in [-0.1, -0.05) is 273 Å². The molecule has 95 heavy (non-hydrogen) atoms. The van der Waals surface area contributed by atoms with Crippen molar-refractivity contribution >= 4 is 5.91 Å². The lowest BCUT2D eigenvalue weighted by molar-refractivity contribution is -0.379. The summed E-state index contributed by atoms with van der Waals surface area (Å²) >= 11 is 0. The van der Waals surface area contributed by atoms with E-state index in [2.05, 4.69) is 79.9 Å². The minimum Gasteiger partial charge on any atom is -0.394 e. The molecule has 3 saturated heterocycles. The van der Waals surface area contributed by atoms with Gasteiger partial charge in [0.25, 0.3) is 0 Å². The number of aliphatic hydroxyl groups is 11. The Morgan fingerprint density at radius 3 is 1.14 bits per heavy atom. The van der Waals surface area contributed by atoms with Gasteiger partial charge in [-0.05, 0) is 64.2 Å². The first-order valence-corrected chi connectivity index (χ1v) is 37.7. The lowest BCUT2D eigenvalue weighted by atomic mass is 9.96. The van der Waals surface area contributed by atoms with E-state index >= 15 is 0 Å². The van der Waals surface area contributed by atoms with Crippen LogP contribution in [0.4, 0.5) is 0 Å². The summed E-state index contributed by atoms with van der Waals surface area (Å²) in [6, 6.07) is -0.982. The van der Waals surface area contributed by atoms with Crippen molar-refractivity contribution in [1.29, 1.82) is 0 Å². The standard InChI is InChI=1S/C76H135NO18/c1-3-5-7-9-11-13-15-17-19-21-23-25-27-29-31-33-35-37-39-41-43-45-47-49-51-53-60(81)59(77-64(82)54-52-50-48-46-44-42-40-38-36-34-32-30-28-26-24-22-20-18-16-14-12-10-8-6-4-2)58-90-74-70(88)67(85)72(62(56-79)92-74)95-76-71(89)68(86)73(63(57-80)93-76)94-75-69(87)66(84)65(83)61(55-78)91-75/h6,8,12,14,18,20,24,26,30,32,51,53,59-63,65-76,78-81,83-89H,3-5,7,9-11,13,15-17,19,21-23,25,27-29,31,33-50,52,54-58H2,1-2H3,(H,77,82)/b8-6-,14-12-,20-18-,26-24-,32-30-,53-51+. The number of carbonyl (C=O) groups is 1. The maximum absolute atomic E-state index is 13.4. The summed E-state index contributed by atoms with van der Waals surface area (Å²) < 4.78 is 34.4. The number of ether oxygens (including phenoxy) is 6. The molecule has 19 nitrogen and oxygen atoms in total. The van der Waals surface area contributed by atoms with E-state index < -0.39 is 124 Å². The van der Waals surface area contributed by atoms with E-state index in [1.165, 1.54) is 154 Å². The number of rotatable bonds is 58. The van der Waals surface area contributed by atoms with Gasteiger partial charge in [0.2, 0.25) is 5.91 Å². The van der Waals surface area contributed by atoms with E-state index in [0.717, 1.165) is 89.9 Å². The van der Waals surface area contributed by atoms with Crippen LogP contribution in [0.3, 0.4) is 0 Å². The molecular formula is C76H135NO18. The Labute approximate surface area is 572 Å². The number of amides is 1. The highest BCUT2D eigenvalue weighted by Crippen LogP contribution is 2.33. The zero-order chi connectivity index (χ0) is 68.9. The Balaban J connectivity index is 1.42. The number of hydrogen-bond donors (Lipinski definition) is 12. The van der Waals surface area contributed by atoms with E-state index in [9.17, 15) is 61.0 Å². The fraction of sp³-hybridized carbons (Fsp3) is 0.829. The molecule has 12 N–H and O–H groups in total. The Kier molecular flexibility index (Phi) is 51.8. The normalized spacial score (nSPS) is 27.6. The van der Waals surface area contributed by atoms with Crippen molar-refractivity contribution in [2.75, 3.05) is 26.4 Å². The molecule has 0 aromatic carbocycles. The zero-order valence-electron chi connectivity index (χ0n) is 58.6. The third-order valence-electron chi connectivity index (χ3n) is 18.5. The second-order valence-electron chi connectivity index (χ2n) is 26.7. The molecule has 3 aliphatic heterocycles. The lowest BCUT2D eigenvalue weighted by Gasteiger charge is -2.48. The molecule has 1 amide bonds. The fourth-order valence-electron chi connectivity index (χ4n) is 12.5. The molecule has 3 fully saturated rings. The van der Waals surface area contributed by atoms with Crippen molar-refractivity contribution < 1.29 is 89.4 Å². The first-order chi connectivity index (χ1) is 46.3. The zero-order valence-corrected chi connectivity index (χ0v) is 58.6. The van der Waals surface area contributed by atoms with E-state index in [1.54, 1.807) is 6.08 Å². The van der Waals surface area contributed by atoms with Crippen LogP contribution in [-0.2, 0) is 33.2 Å². The highest BCUT2D eigenvalue weighted by Gasteiger charge is 2.53. The van der Waals surface area contributed by atoms with Crippen LogP contribution in [0.2, 0.25) is 0 Å². The van der Waals surface area contributed by atoms with Crippen molar-refractivity contribution in [3.8, 4) is 0 Å². The Bertz CT molecular complexity index is 2000. The fourth-order valence-corrected chi connectivity index (χ4v) is 12.5. The van der Waals surface area contributed by atoms with Crippen molar-refractivity contribution in [3.05, 3.63) is 72.9 Å². The number of unbranched alkanes of at least 4 members (excludes halogenated alkanes) is 32. The molecule has 0 saturated carbocycles. The Morgan fingerprint density at radius 2 is 0.726 bits per heavy atom. The number of allylic oxidation sites excluding steroid dienone is 11. The van der Waals surface area contributed by atoms with Crippen LogP contribution in [0.25, 0.3) is 0 Å². The first-order valence-electron chi connectivity index (χ1n) is 37.7. The van der Waals surface area contributed by atoms with Gasteiger partial charge in [-0.3, -0.25) is 4.79 Å². The Morgan fingerprint density at radius 1 is 0.389 bits per heavy atom. The number of nitrogens with one attached hydrogen (secondary N) is 1. The lowest BCUT2D eigenvalue weighted by Crippen LogP contribution is -2.66. The average molecular weight is 1350 g/mol. The van der Waals surface area contributed by atoms with Gasteiger partial charge < -0.3 is 89.9 Å². The predicted molar refractivity (Wildman–Crippen MR) is 374 cm³/mol. The molecule has 0 aromatic heterocycles. The van der Waals surface area contributed by atoms with Crippen molar-refractivity contribution in [2.45, 2.75) is 375 Å². The molecular weight excluding hydrogens is 1210 g/mol. The SMILES string of the molecule is CC/C=C\C/C=C\C/C=C\C/C=C\C/C=C\CCCCCCCCCCCC(=O)NC(COC1OC(CO)C(OC2OC(CO)C(OC3OC(CO)C(O)C(O)C3O)C(O)C2O)C(O)C1O)C(O)/C=C/CCCCCCCCCCCCCCCCCCCCCCCCC. The van der Waals surface area contributed by atoms with Gasteiger partial charge in [0.1, 0.15) is 73.2 Å². The second kappa shape index (κ2) is 56.9. The van der Waals surface area contributed by atoms with Gasteiger partial charge in [0.05, 0.1) is 38.6 Å². The largest absolute Gasteiger partial charge is 0.394 e. The van der Waals surface area contributed by atoms with Crippen LogP contribution in [-0.4, -0.2) is 193 Å². The van der Waals surface area contributed by atoms with Crippen molar-refractivity contribution in [1.82, 2.24) is 5.32 Å². The van der Waals surface area contributed by atoms with Crippen LogP contribution in [0.5, 0.6) is 0 Å². The second-order valence-corrected chi connectivity index (χ2v) is 26.7. The topological polar surface area (TPSA) is 307 Å². The number of carbonyl (C=O) groups excluding carboxylic acids is 1. The van der Waals surface area contributed by atoms with E-state index in [1.807, 2.05) is 6.08 Å². The average Bonchev–Trinajstić information content (AvgIpc) is 0.787. The smallest absolute Gasteiger partial charge is 0.220 e. The molecule has 17 unspecified atom stereocenters. The summed E-state index contributed by atoms with van der Waals surface area (Å²) in [5, 5.41) is 121. The van der Waals surface area contributed by atoms with E-state index in [4.69, 9.17) is 28.4 Å². The van der Waals surface area contributed by atoms with E-state index in [-0.39, 0.29) is 18.9 Å². The van der Waals surface area contributed by atoms with Crippen molar-refractivity contribution in [2.24, 2.45) is 0 Å². The molecule has 3 heterocycles. The molecule has 17 atom stereocenters. The predicted octanol–water partition coefficient (Wildman–Crippen LogP) is 11.3. The van der Waals surface area contributed by atoms with Gasteiger partial charge in [-0.25, -0.2) is 0 Å². The summed E-state index contributed by atoms with van der Waals surface area (Å²) in [5.74, 6) is -0.282. The summed E-state index contributed by atoms with van der Waals surface area (Å²) in [6.45, 7) is 1.64. The van der Waals surface area contributed by atoms with E-state index in [0.29, 0.717) is 6.42 Å². The number of hydrogen-bond acceptors (Lipinski definition) is 18. The first kappa shape index (κ1) is 86.5. The molecule has 0 aromatic rings. The highest BCUT2D eigenvalue weighted by atomic mass is 16.8. The third-order valence-corrected chi connectivity index (χ3v) is 18.5. The van der Waals surface area contributed by atoms with Gasteiger partial charge in [0.15, 0.2) is 18.9 Å². The minimum absolute atomic E-state index is 0.233. The van der Waals surface area contributed by atoms with Gasteiger partial charge >= 0.3 is 0 Å². The summed E-state index contributed by atoms with van der Waals surface area (Å²) in [6.07, 6.45) is 45.8. The van der Waals surface area contributed by atoms with Gasteiger partial charge in [-0.15, -0.1) is 0 Å². The Hall–Kier alpha value is -2.77. The molecule has 3 aliphatic rings.